The molecule has 6 rings (SSSR count). The van der Waals surface area contributed by atoms with Gasteiger partial charge in [-0.3, -0.25) is 9.69 Å². The van der Waals surface area contributed by atoms with Crippen molar-refractivity contribution >= 4 is 15.9 Å². The van der Waals surface area contributed by atoms with E-state index < -0.39 is 38.5 Å². The summed E-state index contributed by atoms with van der Waals surface area (Å²) < 4.78 is 72.5. The molecular weight excluding hydrogens is 451 g/mol. The quantitative estimate of drug-likeness (QED) is 0.529. The van der Waals surface area contributed by atoms with Gasteiger partial charge in [0, 0.05) is 24.6 Å². The normalized spacial score (nSPS) is 35.9. The second kappa shape index (κ2) is 6.18. The van der Waals surface area contributed by atoms with Crippen molar-refractivity contribution < 1.29 is 40.4 Å². The topological polar surface area (TPSA) is 93.1 Å². The zero-order valence-corrected chi connectivity index (χ0v) is 17.8. The van der Waals surface area contributed by atoms with Crippen LogP contribution in [0.3, 0.4) is 0 Å². The van der Waals surface area contributed by atoms with Crippen molar-refractivity contribution in [3.63, 3.8) is 0 Å². The number of likely N-dealkylation sites (tertiary alicyclic amines) is 1. The Morgan fingerprint density at radius 1 is 1.25 bits per heavy atom. The Morgan fingerprint density at radius 3 is 2.69 bits per heavy atom. The second-order valence-electron chi connectivity index (χ2n) is 9.68. The molecule has 0 aromatic heterocycles. The number of ether oxygens (including phenoxy) is 1. The molecule has 2 aliphatic heterocycles. The van der Waals surface area contributed by atoms with E-state index in [9.17, 15) is 31.5 Å². The lowest BCUT2D eigenvalue weighted by Gasteiger charge is -2.62. The van der Waals surface area contributed by atoms with Crippen molar-refractivity contribution in [3.8, 4) is 11.5 Å². The van der Waals surface area contributed by atoms with Crippen LogP contribution in [0.2, 0.25) is 0 Å². The van der Waals surface area contributed by atoms with E-state index in [1.807, 2.05) is 0 Å². The summed E-state index contributed by atoms with van der Waals surface area (Å²) in [6.45, 7) is 1.50. The largest absolute Gasteiger partial charge is 0.534 e. The van der Waals surface area contributed by atoms with E-state index in [4.69, 9.17) is 4.74 Å². The number of benzene rings is 1. The van der Waals surface area contributed by atoms with Crippen molar-refractivity contribution in [2.24, 2.45) is 5.92 Å². The Morgan fingerprint density at radius 2 is 2.00 bits per heavy atom. The molecule has 3 aliphatic carbocycles. The maximum atomic E-state index is 12.9. The first kappa shape index (κ1) is 20.7. The summed E-state index contributed by atoms with van der Waals surface area (Å²) in [5.74, 6) is -0.395. The van der Waals surface area contributed by atoms with Gasteiger partial charge < -0.3 is 14.0 Å². The first-order valence-corrected chi connectivity index (χ1v) is 12.2. The lowest BCUT2D eigenvalue weighted by atomic mass is 9.49. The number of aliphatic hydroxyl groups is 1. The van der Waals surface area contributed by atoms with E-state index >= 15 is 0 Å². The first-order valence-electron chi connectivity index (χ1n) is 10.8. The summed E-state index contributed by atoms with van der Waals surface area (Å²) in [5, 5.41) is 12.1. The summed E-state index contributed by atoms with van der Waals surface area (Å²) in [7, 11) is -5.92. The third kappa shape index (κ3) is 2.50. The average Bonchev–Trinajstić information content (AvgIpc) is 3.44. The van der Waals surface area contributed by atoms with E-state index in [1.54, 1.807) is 6.07 Å². The van der Waals surface area contributed by atoms with Gasteiger partial charge in [-0.25, -0.2) is 0 Å². The molecule has 2 saturated carbocycles. The molecule has 1 saturated heterocycles. The Kier molecular flexibility index (Phi) is 4.00. The molecule has 11 heteroatoms. The number of carbonyl (C=O) groups excluding carboxylic acids is 1. The van der Waals surface area contributed by atoms with Crippen molar-refractivity contribution in [1.82, 2.24) is 4.90 Å². The van der Waals surface area contributed by atoms with Crippen molar-refractivity contribution in [2.45, 2.75) is 67.2 Å². The van der Waals surface area contributed by atoms with E-state index in [0.29, 0.717) is 30.9 Å². The number of halogens is 3. The minimum Gasteiger partial charge on any atom is -0.477 e. The Balaban J connectivity index is 1.50. The SMILES string of the molecule is O=C1CCC2(O)C3Cc4ccc(OS(=O)(=O)C(F)(F)F)c5c4C2(CCN3CC2CC2)C1O5. The van der Waals surface area contributed by atoms with Gasteiger partial charge in [0.1, 0.15) is 0 Å². The number of hydrogen-bond donors (Lipinski definition) is 1. The van der Waals surface area contributed by atoms with Gasteiger partial charge in [0.15, 0.2) is 23.4 Å². The van der Waals surface area contributed by atoms with Gasteiger partial charge in [0.05, 0.1) is 11.0 Å². The molecule has 1 aromatic carbocycles. The second-order valence-corrected chi connectivity index (χ2v) is 11.2. The van der Waals surface area contributed by atoms with Crippen LogP contribution >= 0.6 is 0 Å². The lowest BCUT2D eigenvalue weighted by molar-refractivity contribution is -0.188. The van der Waals surface area contributed by atoms with E-state index in [-0.39, 0.29) is 30.4 Å². The Hall–Kier alpha value is -1.85. The molecule has 4 unspecified atom stereocenters. The van der Waals surface area contributed by atoms with Crippen LogP contribution in [0.1, 0.15) is 43.2 Å². The summed E-state index contributed by atoms with van der Waals surface area (Å²) in [6.07, 6.45) is 2.43. The lowest BCUT2D eigenvalue weighted by Crippen LogP contribution is -2.76. The number of hydrogen-bond acceptors (Lipinski definition) is 7. The third-order valence-electron chi connectivity index (χ3n) is 8.03. The first-order chi connectivity index (χ1) is 15.0. The van der Waals surface area contributed by atoms with Crippen molar-refractivity contribution in [2.75, 3.05) is 13.1 Å². The molecular formula is C21H22F3NO6S. The van der Waals surface area contributed by atoms with E-state index in [0.717, 1.165) is 31.0 Å². The molecule has 0 radical (unpaired) electrons. The van der Waals surface area contributed by atoms with Crippen LogP contribution in [0.5, 0.6) is 11.5 Å². The highest BCUT2D eigenvalue weighted by atomic mass is 32.2. The standard InChI is InChI=1S/C21H22F3NO6S/c22-21(23,24)32(28,29)31-14-4-3-12-9-15-20(27)6-5-13(26)18-19(20,16(12)17(14)30-18)7-8-25(15)10-11-1-2-11/h3-4,11,15,18,27H,1-2,5-10H2. The van der Waals surface area contributed by atoms with Crippen LogP contribution in [0.15, 0.2) is 12.1 Å². The predicted octanol–water partition coefficient (Wildman–Crippen LogP) is 2.05. The molecule has 2 bridgehead atoms. The van der Waals surface area contributed by atoms with E-state index in [2.05, 4.69) is 9.08 Å². The predicted molar refractivity (Wildman–Crippen MR) is 104 cm³/mol. The number of piperidine rings is 1. The monoisotopic (exact) mass is 473 g/mol. The van der Waals surface area contributed by atoms with Gasteiger partial charge >= 0.3 is 15.6 Å². The van der Waals surface area contributed by atoms with Crippen LogP contribution in [-0.4, -0.2) is 60.6 Å². The summed E-state index contributed by atoms with van der Waals surface area (Å²) in [6, 6.07) is 2.46. The zero-order valence-electron chi connectivity index (χ0n) is 17.0. The summed E-state index contributed by atoms with van der Waals surface area (Å²) in [4.78, 5) is 15.2. The van der Waals surface area contributed by atoms with Gasteiger partial charge in [0.25, 0.3) is 0 Å². The highest BCUT2D eigenvalue weighted by Crippen LogP contribution is 2.65. The molecule has 1 aromatic rings. The fraction of sp³-hybridized carbons (Fsp3) is 0.667. The average molecular weight is 473 g/mol. The third-order valence-corrected chi connectivity index (χ3v) is 8.99. The van der Waals surface area contributed by atoms with Gasteiger partial charge in [0.2, 0.25) is 0 Å². The molecule has 2 heterocycles. The fourth-order valence-corrected chi connectivity index (χ4v) is 6.95. The van der Waals surface area contributed by atoms with Gasteiger partial charge in [-0.05, 0) is 56.2 Å². The summed E-state index contributed by atoms with van der Waals surface area (Å²) in [5.41, 5.74) is -6.82. The zero-order chi connectivity index (χ0) is 22.7. The summed E-state index contributed by atoms with van der Waals surface area (Å²) >= 11 is 0. The molecule has 1 spiro atoms. The van der Waals surface area contributed by atoms with Crippen molar-refractivity contribution in [3.05, 3.63) is 23.3 Å². The number of ketones is 1. The van der Waals surface area contributed by atoms with Crippen LogP contribution in [0.4, 0.5) is 13.2 Å². The molecule has 174 valence electrons. The van der Waals surface area contributed by atoms with E-state index in [1.165, 1.54) is 0 Å². The molecule has 7 nitrogen and oxygen atoms in total. The molecule has 1 N–H and O–H groups in total. The minimum absolute atomic E-state index is 0.0943. The molecule has 3 fully saturated rings. The smallest absolute Gasteiger partial charge is 0.477 e. The highest BCUT2D eigenvalue weighted by Gasteiger charge is 2.73. The number of carbonyl (C=O) groups is 1. The Bertz CT molecular complexity index is 1130. The van der Waals surface area contributed by atoms with Gasteiger partial charge in [-0.15, -0.1) is 0 Å². The maximum absolute atomic E-state index is 12.9. The van der Waals surface area contributed by atoms with Gasteiger partial charge in [-0.1, -0.05) is 6.07 Å². The maximum Gasteiger partial charge on any atom is 0.534 e. The molecule has 4 atom stereocenters. The van der Waals surface area contributed by atoms with Crippen LogP contribution in [0.25, 0.3) is 0 Å². The molecule has 0 amide bonds. The minimum atomic E-state index is -5.92. The number of Topliss-reactive ketones (excluding diaryl/α,β-unsaturated/α-hetero) is 1. The van der Waals surface area contributed by atoms with Crippen LogP contribution < -0.4 is 8.92 Å². The van der Waals surface area contributed by atoms with Crippen LogP contribution in [-0.2, 0) is 26.7 Å². The number of alkyl halides is 3. The van der Waals surface area contributed by atoms with Crippen molar-refractivity contribution in [1.29, 1.82) is 0 Å². The molecule has 32 heavy (non-hydrogen) atoms. The highest BCUT2D eigenvalue weighted by molar-refractivity contribution is 7.88. The van der Waals surface area contributed by atoms with Gasteiger partial charge in [-0.2, -0.15) is 21.6 Å². The Labute approximate surface area is 182 Å². The molecule has 5 aliphatic rings. The van der Waals surface area contributed by atoms with Crippen LogP contribution in [0, 0.1) is 5.92 Å². The fourth-order valence-electron chi connectivity index (χ4n) is 6.48. The number of nitrogens with zero attached hydrogens (tertiary/aromatic N) is 1. The number of rotatable bonds is 4.